The van der Waals surface area contributed by atoms with Crippen molar-refractivity contribution in [2.45, 2.75) is 26.1 Å². The molecule has 0 aliphatic rings. The molecule has 1 aromatic heterocycles. The summed E-state index contributed by atoms with van der Waals surface area (Å²) in [6.07, 6.45) is 5.41. The minimum atomic E-state index is -0.386. The molecule has 1 heterocycles. The predicted molar refractivity (Wildman–Crippen MR) is 79.3 cm³/mol. The summed E-state index contributed by atoms with van der Waals surface area (Å²) < 4.78 is 2.52. The standard InChI is InChI=1S/C13H15BrN4O2/c1-10(8-17-6-5-15-9-17)16-7-11-3-2-4-12(13(11)14)18(19)20/h2-6,9-10,16H,7-8H2,1H3. The summed E-state index contributed by atoms with van der Waals surface area (Å²) in [6.45, 7) is 3.43. The summed E-state index contributed by atoms with van der Waals surface area (Å²) in [5.74, 6) is 0. The molecule has 0 saturated heterocycles. The molecule has 2 aromatic rings. The Balaban J connectivity index is 1.97. The van der Waals surface area contributed by atoms with E-state index in [0.717, 1.165) is 12.1 Å². The van der Waals surface area contributed by atoms with Crippen molar-refractivity contribution in [3.05, 3.63) is 57.1 Å². The van der Waals surface area contributed by atoms with Crippen LogP contribution in [0, 0.1) is 10.1 Å². The van der Waals surface area contributed by atoms with E-state index in [-0.39, 0.29) is 16.7 Å². The first kappa shape index (κ1) is 14.7. The molecule has 2 rings (SSSR count). The lowest BCUT2D eigenvalue weighted by molar-refractivity contribution is -0.385. The Kier molecular flexibility index (Phi) is 4.86. The second kappa shape index (κ2) is 6.62. The van der Waals surface area contributed by atoms with E-state index in [1.807, 2.05) is 16.8 Å². The third-order valence-electron chi connectivity index (χ3n) is 2.94. The van der Waals surface area contributed by atoms with Crippen molar-refractivity contribution in [2.24, 2.45) is 0 Å². The van der Waals surface area contributed by atoms with Gasteiger partial charge < -0.3 is 9.88 Å². The van der Waals surface area contributed by atoms with Crippen molar-refractivity contribution < 1.29 is 4.92 Å². The zero-order valence-corrected chi connectivity index (χ0v) is 12.6. The number of nitro groups is 1. The molecule has 106 valence electrons. The number of hydrogen-bond donors (Lipinski definition) is 1. The molecule has 7 heteroatoms. The molecular formula is C13H15BrN4O2. The molecule has 1 atom stereocenters. The molecule has 1 N–H and O–H groups in total. The van der Waals surface area contributed by atoms with Crippen LogP contribution in [0.4, 0.5) is 5.69 Å². The molecule has 0 bridgehead atoms. The molecule has 0 radical (unpaired) electrons. The minimum Gasteiger partial charge on any atom is -0.336 e. The van der Waals surface area contributed by atoms with Crippen LogP contribution in [0.25, 0.3) is 0 Å². The van der Waals surface area contributed by atoms with E-state index in [0.29, 0.717) is 11.0 Å². The monoisotopic (exact) mass is 338 g/mol. The third kappa shape index (κ3) is 3.64. The summed E-state index contributed by atoms with van der Waals surface area (Å²) in [6, 6.07) is 5.28. The highest BCUT2D eigenvalue weighted by molar-refractivity contribution is 9.10. The Bertz CT molecular complexity index is 586. The summed E-state index contributed by atoms with van der Waals surface area (Å²) in [7, 11) is 0. The van der Waals surface area contributed by atoms with Gasteiger partial charge in [-0.25, -0.2) is 4.98 Å². The van der Waals surface area contributed by atoms with Crippen molar-refractivity contribution in [3.63, 3.8) is 0 Å². The Morgan fingerprint density at radius 2 is 2.35 bits per heavy atom. The second-order valence-corrected chi connectivity index (χ2v) is 5.34. The summed E-state index contributed by atoms with van der Waals surface area (Å²) in [5.41, 5.74) is 0.961. The van der Waals surface area contributed by atoms with E-state index in [1.54, 1.807) is 18.6 Å². The van der Waals surface area contributed by atoms with Gasteiger partial charge in [-0.15, -0.1) is 0 Å². The molecule has 6 nitrogen and oxygen atoms in total. The van der Waals surface area contributed by atoms with Gasteiger partial charge in [0, 0.05) is 37.6 Å². The maximum Gasteiger partial charge on any atom is 0.283 e. The Morgan fingerprint density at radius 1 is 1.55 bits per heavy atom. The zero-order valence-electron chi connectivity index (χ0n) is 11.0. The van der Waals surface area contributed by atoms with Gasteiger partial charge >= 0.3 is 0 Å². The van der Waals surface area contributed by atoms with E-state index in [4.69, 9.17) is 0 Å². The Hall–Kier alpha value is -1.73. The van der Waals surface area contributed by atoms with Gasteiger partial charge in [-0.2, -0.15) is 0 Å². The van der Waals surface area contributed by atoms with Crippen molar-refractivity contribution in [3.8, 4) is 0 Å². The molecule has 1 unspecified atom stereocenters. The van der Waals surface area contributed by atoms with Crippen molar-refractivity contribution >= 4 is 21.6 Å². The molecule has 0 spiro atoms. The fourth-order valence-corrected chi connectivity index (χ4v) is 2.45. The van der Waals surface area contributed by atoms with Gasteiger partial charge in [0.25, 0.3) is 5.69 Å². The van der Waals surface area contributed by atoms with Crippen molar-refractivity contribution in [2.75, 3.05) is 0 Å². The normalized spacial score (nSPS) is 12.3. The lowest BCUT2D eigenvalue weighted by Gasteiger charge is -2.15. The molecule has 0 aliphatic heterocycles. The van der Waals surface area contributed by atoms with Crippen LogP contribution in [0.1, 0.15) is 12.5 Å². The van der Waals surface area contributed by atoms with Gasteiger partial charge in [0.15, 0.2) is 0 Å². The highest BCUT2D eigenvalue weighted by Gasteiger charge is 2.15. The van der Waals surface area contributed by atoms with Gasteiger partial charge in [-0.1, -0.05) is 12.1 Å². The maximum absolute atomic E-state index is 10.9. The minimum absolute atomic E-state index is 0.0894. The molecule has 0 saturated carbocycles. The van der Waals surface area contributed by atoms with Gasteiger partial charge in [-0.3, -0.25) is 10.1 Å². The smallest absolute Gasteiger partial charge is 0.283 e. The predicted octanol–water partition coefficient (Wildman–Crippen LogP) is 2.73. The van der Waals surface area contributed by atoms with Gasteiger partial charge in [0.1, 0.15) is 0 Å². The number of rotatable bonds is 6. The van der Waals surface area contributed by atoms with Crippen LogP contribution in [-0.2, 0) is 13.1 Å². The number of nitrogens with one attached hydrogen (secondary N) is 1. The van der Waals surface area contributed by atoms with Crippen LogP contribution in [0.5, 0.6) is 0 Å². The first-order chi connectivity index (χ1) is 9.58. The fourth-order valence-electron chi connectivity index (χ4n) is 1.90. The van der Waals surface area contributed by atoms with E-state index < -0.39 is 0 Å². The van der Waals surface area contributed by atoms with Gasteiger partial charge in [-0.05, 0) is 28.4 Å². The Labute approximate surface area is 125 Å². The molecule has 0 amide bonds. The van der Waals surface area contributed by atoms with E-state index in [2.05, 4.69) is 33.2 Å². The van der Waals surface area contributed by atoms with E-state index >= 15 is 0 Å². The zero-order chi connectivity index (χ0) is 14.5. The van der Waals surface area contributed by atoms with Crippen molar-refractivity contribution in [1.29, 1.82) is 0 Å². The number of hydrogen-bond acceptors (Lipinski definition) is 4. The molecule has 20 heavy (non-hydrogen) atoms. The lowest BCUT2D eigenvalue weighted by Crippen LogP contribution is -2.29. The van der Waals surface area contributed by atoms with Crippen molar-refractivity contribution in [1.82, 2.24) is 14.9 Å². The van der Waals surface area contributed by atoms with E-state index in [9.17, 15) is 10.1 Å². The largest absolute Gasteiger partial charge is 0.336 e. The molecule has 0 aliphatic carbocycles. The SMILES string of the molecule is CC(Cn1ccnc1)NCc1cccc([N+](=O)[O-])c1Br. The molecule has 0 fully saturated rings. The highest BCUT2D eigenvalue weighted by atomic mass is 79.9. The summed E-state index contributed by atoms with van der Waals surface area (Å²) >= 11 is 3.30. The number of benzene rings is 1. The molecular weight excluding hydrogens is 324 g/mol. The lowest BCUT2D eigenvalue weighted by atomic mass is 10.2. The number of nitrogens with zero attached hydrogens (tertiary/aromatic N) is 3. The topological polar surface area (TPSA) is 73.0 Å². The number of aromatic nitrogens is 2. The number of imidazole rings is 1. The molecule has 1 aromatic carbocycles. The van der Waals surface area contributed by atoms with E-state index in [1.165, 1.54) is 6.07 Å². The van der Waals surface area contributed by atoms with Gasteiger partial charge in [0.05, 0.1) is 15.7 Å². The third-order valence-corrected chi connectivity index (χ3v) is 3.86. The maximum atomic E-state index is 10.9. The second-order valence-electron chi connectivity index (χ2n) is 4.55. The summed E-state index contributed by atoms with van der Waals surface area (Å²) in [5, 5.41) is 14.2. The van der Waals surface area contributed by atoms with Crippen LogP contribution < -0.4 is 5.32 Å². The average molecular weight is 339 g/mol. The van der Waals surface area contributed by atoms with Crippen LogP contribution in [0.2, 0.25) is 0 Å². The van der Waals surface area contributed by atoms with Crippen LogP contribution in [-0.4, -0.2) is 20.5 Å². The average Bonchev–Trinajstić information content (AvgIpc) is 2.90. The first-order valence-corrected chi connectivity index (χ1v) is 6.98. The van der Waals surface area contributed by atoms with Crippen LogP contribution in [0.3, 0.4) is 0 Å². The number of halogens is 1. The van der Waals surface area contributed by atoms with Crippen LogP contribution >= 0.6 is 15.9 Å². The first-order valence-electron chi connectivity index (χ1n) is 6.19. The van der Waals surface area contributed by atoms with Crippen LogP contribution in [0.15, 0.2) is 41.4 Å². The fraction of sp³-hybridized carbons (Fsp3) is 0.308. The quantitative estimate of drug-likeness (QED) is 0.649. The van der Waals surface area contributed by atoms with Gasteiger partial charge in [0.2, 0.25) is 0 Å². The Morgan fingerprint density at radius 3 is 3.00 bits per heavy atom. The summed E-state index contributed by atoms with van der Waals surface area (Å²) in [4.78, 5) is 14.5. The highest BCUT2D eigenvalue weighted by Crippen LogP contribution is 2.28. The number of nitro benzene ring substituents is 1.